The van der Waals surface area contributed by atoms with Gasteiger partial charge in [0.05, 0.1) is 123 Å². The van der Waals surface area contributed by atoms with Crippen LogP contribution in [0.15, 0.2) is 258 Å². The van der Waals surface area contributed by atoms with Crippen molar-refractivity contribution in [2.24, 2.45) is 0 Å². The van der Waals surface area contributed by atoms with Crippen molar-refractivity contribution in [2.45, 2.75) is 120 Å². The number of ether oxygens (including phenoxy) is 4. The Balaban J connectivity index is 0.000000307. The first-order valence-electron chi connectivity index (χ1n) is 37.9. The maximum absolute atomic E-state index is 12.9. The van der Waals surface area contributed by atoms with Crippen molar-refractivity contribution in [1.29, 1.82) is 0 Å². The standard InChI is InChI=1S/C22H18O13S3.C22H22O11S3.C22H22.C16H18O6S2.3CH4O3S/c1-12-3-6-16(20(9-12)38(27,28)29)15-8-5-14(11-19(15)37-35-33-26)31-22(24)17-7-4-13(21(23)30-2)10-18(17)36-34-32-25;1-14-3-7-19(22(9-14)36(25,26)27)18-8-6-17(11-21(18)35-33-31-24)29-13-16-5-4-15(12-28-2)10-20(16)34-32-30-23;1-17-3-7-19(8-4-17)9-10-20-11-15-22(16-12-20)21-13-5-18(2)6-14-21;1-11-3-5-13(15(9-11)23-22-21-17)7-8-14-6-4-12(2)10-16(14)24(18,19)20;3*1-5(2,3)4/h3-11,25-26H,1-2H3,(H,27,28,29);3-11,23-24H,12-13H2,1-2H3,(H,25,26,27);3-8,11-16H,9-10H2,1-2H3;3-6,9-10,17H,7-8H2,1-2H3,(H,18,19,20);3*1H3,(H,2,3,4). The van der Waals surface area contributed by atoms with Crippen LogP contribution >= 0.6 is 60.2 Å². The van der Waals surface area contributed by atoms with Gasteiger partial charge in [0.25, 0.3) is 60.7 Å². The molecule has 0 aromatic heterocycles. The number of esters is 2. The summed E-state index contributed by atoms with van der Waals surface area (Å²) in [6.07, 6.45) is 5.30. The average molecular weight is 2090 g/mol. The molecule has 0 heterocycles. The second-order valence-corrected chi connectivity index (χ2v) is 40.4. The van der Waals surface area contributed by atoms with Gasteiger partial charge in [0.15, 0.2) is 0 Å². The van der Waals surface area contributed by atoms with Gasteiger partial charge in [-0.15, -0.1) is 21.7 Å². The lowest BCUT2D eigenvalue weighted by Crippen LogP contribution is -2.11. The molecule has 0 radical (unpaired) electrons. The Morgan fingerprint density at radius 3 is 1.08 bits per heavy atom. The van der Waals surface area contributed by atoms with E-state index in [9.17, 15) is 73.8 Å². The van der Waals surface area contributed by atoms with Gasteiger partial charge in [-0.05, 0) is 224 Å². The van der Waals surface area contributed by atoms with Gasteiger partial charge in [0.1, 0.15) is 27.9 Å². The van der Waals surface area contributed by atoms with Crippen molar-refractivity contribution in [2.75, 3.05) is 33.0 Å². The number of aryl methyl sites for hydroxylation is 10. The van der Waals surface area contributed by atoms with Crippen LogP contribution in [0, 0.1) is 41.5 Å². The van der Waals surface area contributed by atoms with Gasteiger partial charge in [0, 0.05) is 33.6 Å². The highest BCUT2D eigenvalue weighted by atomic mass is 32.2. The highest BCUT2D eigenvalue weighted by molar-refractivity contribution is 7.95. The molecule has 11 aromatic carbocycles. The summed E-state index contributed by atoms with van der Waals surface area (Å²) < 4.78 is 221. The van der Waals surface area contributed by atoms with Gasteiger partial charge < -0.3 is 18.9 Å². The fourth-order valence-electron chi connectivity index (χ4n) is 11.5. The van der Waals surface area contributed by atoms with E-state index in [1.165, 1.54) is 101 Å². The van der Waals surface area contributed by atoms with Gasteiger partial charge in [-0.2, -0.15) is 50.5 Å². The van der Waals surface area contributed by atoms with E-state index < -0.39 is 72.6 Å². The van der Waals surface area contributed by atoms with Crippen LogP contribution in [0.2, 0.25) is 0 Å². The molecular formula is C85H92O39S11. The third-order valence-electron chi connectivity index (χ3n) is 17.3. The molecule has 0 aliphatic rings. The number of hydrogen-bond donors (Lipinski definition) is 11. The smallest absolute Gasteiger partial charge is 0.344 e. The Hall–Kier alpha value is -9.27. The first kappa shape index (κ1) is 116. The minimum atomic E-state index is -4.62. The summed E-state index contributed by atoms with van der Waals surface area (Å²) in [5.74, 6) is -1.28. The normalized spacial score (nSPS) is 11.4. The molecule has 11 N–H and O–H groups in total. The summed E-state index contributed by atoms with van der Waals surface area (Å²) in [7, 11) is -21.7. The molecule has 732 valence electrons. The summed E-state index contributed by atoms with van der Waals surface area (Å²) in [6, 6.07) is 64.1. The number of rotatable bonds is 35. The molecule has 0 aliphatic carbocycles. The molecule has 0 spiro atoms. The lowest BCUT2D eigenvalue weighted by molar-refractivity contribution is -0.432. The van der Waals surface area contributed by atoms with Gasteiger partial charge in [-0.3, -0.25) is 27.3 Å². The summed E-state index contributed by atoms with van der Waals surface area (Å²) >= 11 is 3.15. The third-order valence-corrected chi connectivity index (χ3v) is 23.3. The Labute approximate surface area is 800 Å². The minimum Gasteiger partial charge on any atom is -0.489 e. The maximum Gasteiger partial charge on any atom is 0.344 e. The Bertz CT molecular complexity index is 6380. The molecule has 39 nitrogen and oxygen atoms in total. The van der Waals surface area contributed by atoms with Gasteiger partial charge in [-0.25, -0.2) is 35.9 Å². The van der Waals surface area contributed by atoms with E-state index in [0.29, 0.717) is 118 Å². The molecule has 0 fully saturated rings. The van der Waals surface area contributed by atoms with Crippen molar-refractivity contribution in [3.63, 3.8) is 0 Å². The number of carbonyl (C=O) groups is 2. The average Bonchev–Trinajstić information content (AvgIpc) is 0.784. The fourth-order valence-corrected chi connectivity index (χ4v) is 16.7. The van der Waals surface area contributed by atoms with Crippen LogP contribution in [0.3, 0.4) is 0 Å². The van der Waals surface area contributed by atoms with Crippen LogP contribution in [0.25, 0.3) is 33.4 Å². The molecule has 0 bridgehead atoms. The van der Waals surface area contributed by atoms with Crippen molar-refractivity contribution in [3.05, 3.63) is 296 Å². The van der Waals surface area contributed by atoms with Gasteiger partial charge >= 0.3 is 11.9 Å². The zero-order chi connectivity index (χ0) is 101. The summed E-state index contributed by atoms with van der Waals surface area (Å²) in [5, 5.41) is 60.8. The molecule has 11 aromatic rings. The summed E-state index contributed by atoms with van der Waals surface area (Å²) in [6.45, 7) is 11.7. The Morgan fingerprint density at radius 2 is 0.644 bits per heavy atom. The van der Waals surface area contributed by atoms with E-state index in [1.807, 2.05) is 31.2 Å². The second kappa shape index (κ2) is 56.6. The second-order valence-electron chi connectivity index (χ2n) is 28.1. The quantitative estimate of drug-likeness (QED) is 0.00439. The third kappa shape index (κ3) is 44.0. The van der Waals surface area contributed by atoms with Crippen LogP contribution in [-0.4, -0.2) is 149 Å². The lowest BCUT2D eigenvalue weighted by atomic mass is 9.99. The molecule has 50 heteroatoms. The van der Waals surface area contributed by atoms with Crippen LogP contribution in [0.4, 0.5) is 0 Å². The van der Waals surface area contributed by atoms with Gasteiger partial charge in [0.2, 0.25) is 0 Å². The number of carbonyl (C=O) groups excluding carboxylic acids is 2. The number of hydrogen-bond acceptors (Lipinski definition) is 38. The van der Waals surface area contributed by atoms with Crippen LogP contribution < -0.4 is 9.47 Å². The predicted molar refractivity (Wildman–Crippen MR) is 498 cm³/mol. The molecule has 0 aliphatic heterocycles. The molecule has 0 unspecified atom stereocenters. The van der Waals surface area contributed by atoms with Crippen LogP contribution in [0.5, 0.6) is 11.5 Å². The Kier molecular flexibility index (Phi) is 48.7. The van der Waals surface area contributed by atoms with Crippen LogP contribution in [-0.2, 0) is 156 Å². The van der Waals surface area contributed by atoms with Gasteiger partial charge in [-0.1, -0.05) is 170 Å². The fraction of sp³-hybridized carbons (Fsp3) is 0.200. The van der Waals surface area contributed by atoms with Crippen molar-refractivity contribution in [1.82, 2.24) is 0 Å². The minimum absolute atomic E-state index is 0.0348. The molecule has 0 saturated carbocycles. The van der Waals surface area contributed by atoms with E-state index in [4.69, 9.17) is 54.2 Å². The topological polar surface area (TPSA) is 591 Å². The highest BCUT2D eigenvalue weighted by Crippen LogP contribution is 2.42. The van der Waals surface area contributed by atoms with E-state index in [-0.39, 0.29) is 64.7 Å². The van der Waals surface area contributed by atoms with E-state index in [1.54, 1.807) is 88.5 Å². The summed E-state index contributed by atoms with van der Waals surface area (Å²) in [5.41, 5.74) is 14.9. The molecule has 0 saturated heterocycles. The van der Waals surface area contributed by atoms with Crippen LogP contribution in [0.1, 0.15) is 87.5 Å². The lowest BCUT2D eigenvalue weighted by Gasteiger charge is -2.15. The SMILES string of the molecule is COC(=O)c1ccc(C(=O)Oc2ccc(-c3ccc(C)cc3S(=O)(=O)O)c(SOOO)c2)c(SOOO)c1.COCc1ccc(COc2ccc(-c3ccc(C)cc3S(=O)(=O)O)c(SOOO)c2)c(SOOO)c1.CS(=O)(=O)O.CS(=O)(=O)O.CS(=O)(=O)O.Cc1ccc(CCc2ccc(-c3ccc(C)cc3)cc2)cc1.Cc1ccc(CCc2ccc(C)cc2S(=O)(=O)O)c(SOOO)c1. The highest BCUT2D eigenvalue weighted by Gasteiger charge is 2.26. The largest absolute Gasteiger partial charge is 0.489 e. The van der Waals surface area contributed by atoms with E-state index in [0.717, 1.165) is 64.1 Å². The van der Waals surface area contributed by atoms with Crippen molar-refractivity contribution in [3.8, 4) is 44.9 Å². The molecule has 0 amide bonds. The summed E-state index contributed by atoms with van der Waals surface area (Å²) in [4.78, 5) is 25.9. The Morgan fingerprint density at radius 1 is 0.304 bits per heavy atom. The van der Waals surface area contributed by atoms with E-state index >= 15 is 0 Å². The van der Waals surface area contributed by atoms with Crippen molar-refractivity contribution < 1.29 is 180 Å². The predicted octanol–water partition coefficient (Wildman–Crippen LogP) is 18.3. The van der Waals surface area contributed by atoms with E-state index in [2.05, 4.69) is 138 Å². The molecular weight excluding hydrogens is 2000 g/mol. The molecule has 135 heavy (non-hydrogen) atoms. The zero-order valence-electron chi connectivity index (χ0n) is 72.9. The zero-order valence-corrected chi connectivity index (χ0v) is 81.8. The number of benzene rings is 11. The van der Waals surface area contributed by atoms with Crippen molar-refractivity contribution >= 4 is 133 Å². The molecule has 11 rings (SSSR count). The molecule has 0 atom stereocenters. The number of methoxy groups -OCH3 is 2. The monoisotopic (exact) mass is 2090 g/mol. The first-order chi connectivity index (χ1) is 63.4. The first-order valence-corrected chi connectivity index (χ1v) is 51.5. The maximum atomic E-state index is 12.9.